The lowest BCUT2D eigenvalue weighted by molar-refractivity contribution is -0.199. The summed E-state index contributed by atoms with van der Waals surface area (Å²) in [6.07, 6.45) is 6.61. The van der Waals surface area contributed by atoms with Crippen molar-refractivity contribution in [2.45, 2.75) is 89.2 Å². The lowest BCUT2D eigenvalue weighted by atomic mass is 9.43. The molecule has 2 aromatic carbocycles. The number of fused-ring (bicyclic) bond motifs is 3. The molecule has 2 bridgehead atoms. The van der Waals surface area contributed by atoms with E-state index in [0.717, 1.165) is 41.5 Å². The van der Waals surface area contributed by atoms with Gasteiger partial charge in [0.2, 0.25) is 5.91 Å². The molecule has 6 atom stereocenters. The van der Waals surface area contributed by atoms with E-state index in [1.165, 1.54) is 17.5 Å². The second-order valence-corrected chi connectivity index (χ2v) is 14.0. The predicted molar refractivity (Wildman–Crippen MR) is 159 cm³/mol. The average molecular weight is 570 g/mol. The molecule has 1 N–H and O–H groups in total. The Labute approximate surface area is 247 Å². The molecule has 1 amide bonds. The van der Waals surface area contributed by atoms with Gasteiger partial charge in [-0.05, 0) is 78.2 Å². The van der Waals surface area contributed by atoms with Gasteiger partial charge in [0.1, 0.15) is 11.2 Å². The minimum atomic E-state index is -0.505. The van der Waals surface area contributed by atoms with Gasteiger partial charge in [-0.1, -0.05) is 50.2 Å². The summed E-state index contributed by atoms with van der Waals surface area (Å²) >= 11 is 0. The summed E-state index contributed by atoms with van der Waals surface area (Å²) in [6.45, 7) is 8.93. The first-order chi connectivity index (χ1) is 20.2. The number of para-hydroxylation sites is 1. The van der Waals surface area contributed by atoms with Crippen LogP contribution in [-0.4, -0.2) is 43.9 Å². The molecule has 7 nitrogen and oxygen atoms in total. The number of ether oxygens (including phenoxy) is 2. The van der Waals surface area contributed by atoms with E-state index in [0.29, 0.717) is 44.3 Å². The lowest BCUT2D eigenvalue weighted by Crippen LogP contribution is -2.65. The number of hydrogen-bond donors (Lipinski definition) is 1. The fourth-order valence-electron chi connectivity index (χ4n) is 8.78. The zero-order valence-electron chi connectivity index (χ0n) is 24.8. The van der Waals surface area contributed by atoms with E-state index < -0.39 is 7.12 Å². The van der Waals surface area contributed by atoms with Crippen molar-refractivity contribution in [3.05, 3.63) is 71.0 Å². The van der Waals surface area contributed by atoms with Crippen LogP contribution < -0.4 is 5.32 Å². The van der Waals surface area contributed by atoms with Gasteiger partial charge in [0.25, 0.3) is 0 Å². The molecule has 42 heavy (non-hydrogen) atoms. The lowest BCUT2D eigenvalue weighted by Gasteiger charge is -2.64. The van der Waals surface area contributed by atoms with Crippen molar-refractivity contribution in [1.82, 2.24) is 5.32 Å². The molecule has 5 fully saturated rings. The normalized spacial score (nSPS) is 33.0. The first-order valence-corrected chi connectivity index (χ1v) is 15.7. The Kier molecular flexibility index (Phi) is 6.21. The summed E-state index contributed by atoms with van der Waals surface area (Å²) in [5.74, 6) is 0.810. The van der Waals surface area contributed by atoms with Crippen LogP contribution in [0.1, 0.15) is 68.7 Å². The van der Waals surface area contributed by atoms with Crippen LogP contribution >= 0.6 is 0 Å². The molecule has 1 spiro atoms. The number of nitrogens with one attached hydrogen (secondary N) is 1. The van der Waals surface area contributed by atoms with Gasteiger partial charge < -0.3 is 28.5 Å². The monoisotopic (exact) mass is 569 g/mol. The van der Waals surface area contributed by atoms with Crippen molar-refractivity contribution in [2.75, 3.05) is 13.2 Å². The number of hydrogen-bond acceptors (Lipinski definition) is 6. The van der Waals surface area contributed by atoms with Crippen molar-refractivity contribution in [3.63, 3.8) is 0 Å². The third-order valence-electron chi connectivity index (χ3n) is 11.4. The van der Waals surface area contributed by atoms with E-state index in [9.17, 15) is 4.79 Å². The van der Waals surface area contributed by atoms with Gasteiger partial charge in [0.05, 0.1) is 37.1 Å². The highest BCUT2D eigenvalue weighted by Crippen LogP contribution is 2.65. The van der Waals surface area contributed by atoms with Crippen LogP contribution in [0.15, 0.2) is 53.1 Å². The fraction of sp³-hybridized carbons (Fsp3) is 0.559. The zero-order chi connectivity index (χ0) is 28.7. The van der Waals surface area contributed by atoms with Gasteiger partial charge in [-0.2, -0.15) is 0 Å². The van der Waals surface area contributed by atoms with Gasteiger partial charge in [0.15, 0.2) is 0 Å². The minimum Gasteiger partial charge on any atom is -0.464 e. The quantitative estimate of drug-likeness (QED) is 0.379. The van der Waals surface area contributed by atoms with Crippen molar-refractivity contribution in [3.8, 4) is 0 Å². The topological polar surface area (TPSA) is 79.2 Å². The number of benzene rings is 2. The molecule has 3 aliphatic carbocycles. The molecular weight excluding hydrogens is 529 g/mol. The third kappa shape index (κ3) is 4.13. The molecule has 1 unspecified atom stereocenters. The molecule has 1 aromatic heterocycles. The smallest absolute Gasteiger partial charge is 0.464 e. The van der Waals surface area contributed by atoms with E-state index >= 15 is 0 Å². The summed E-state index contributed by atoms with van der Waals surface area (Å²) in [4.78, 5) is 13.5. The molecule has 6 aliphatic rings. The largest absolute Gasteiger partial charge is 0.482 e. The molecule has 4 heterocycles. The Balaban J connectivity index is 0.992. The van der Waals surface area contributed by atoms with Crippen LogP contribution in [0.25, 0.3) is 11.0 Å². The van der Waals surface area contributed by atoms with E-state index in [1.54, 1.807) is 0 Å². The van der Waals surface area contributed by atoms with Gasteiger partial charge in [-0.15, -0.1) is 0 Å². The standard InChI is InChI=1S/C34H40BNO6/c1-32(2)24-16-28(32)33(3)29(17-24)41-35(42-33)30(15-22-18-39-27-7-5-4-6-25(22)27)36-31(37)11-9-21-8-10-26-23(14-21)19-40-34(26)12-13-38-20-34/h4-8,10,14,18,24,28-30H,9,11-13,15-17,19-20H2,1-3H3,(H,36,37)/t24-,28-,29+,30-,33-,34?/m0/s1. The minimum absolute atomic E-state index is 0.00191. The predicted octanol–water partition coefficient (Wildman–Crippen LogP) is 5.51. The van der Waals surface area contributed by atoms with Crippen molar-refractivity contribution in [1.29, 1.82) is 0 Å². The first-order valence-electron chi connectivity index (χ1n) is 15.7. The van der Waals surface area contributed by atoms with Gasteiger partial charge >= 0.3 is 7.12 Å². The Morgan fingerprint density at radius 1 is 1.14 bits per heavy atom. The second-order valence-electron chi connectivity index (χ2n) is 14.0. The summed E-state index contributed by atoms with van der Waals surface area (Å²) in [6, 6.07) is 14.6. The van der Waals surface area contributed by atoms with Crippen LogP contribution in [0.3, 0.4) is 0 Å². The molecule has 3 aromatic rings. The van der Waals surface area contributed by atoms with Gasteiger partial charge in [-0.3, -0.25) is 4.79 Å². The molecule has 2 saturated heterocycles. The first kappa shape index (κ1) is 26.9. The number of aryl methyl sites for hydroxylation is 1. The highest BCUT2D eigenvalue weighted by molar-refractivity contribution is 6.48. The summed E-state index contributed by atoms with van der Waals surface area (Å²) in [5, 5.41) is 4.39. The van der Waals surface area contributed by atoms with Gasteiger partial charge in [-0.25, -0.2) is 0 Å². The van der Waals surface area contributed by atoms with E-state index in [2.05, 4.69) is 50.4 Å². The maximum atomic E-state index is 13.5. The molecule has 8 heteroatoms. The Morgan fingerprint density at radius 3 is 2.86 bits per heavy atom. The maximum absolute atomic E-state index is 13.5. The van der Waals surface area contributed by atoms with Crippen molar-refractivity contribution < 1.29 is 28.0 Å². The molecule has 9 rings (SSSR count). The number of amides is 1. The van der Waals surface area contributed by atoms with Crippen LogP contribution in [0.5, 0.6) is 0 Å². The average Bonchev–Trinajstić information content (AvgIpc) is 3.77. The van der Waals surface area contributed by atoms with Gasteiger partial charge in [0, 0.05) is 24.8 Å². The van der Waals surface area contributed by atoms with E-state index in [-0.39, 0.29) is 34.6 Å². The van der Waals surface area contributed by atoms with Crippen molar-refractivity contribution >= 4 is 24.0 Å². The SMILES string of the molecule is CC1(C)[C@@H]2C[C@H]3OB([C@H](Cc4coc5ccccc45)NC(=O)CCc4ccc5c(c4)COC54CCOC4)O[C@@]3(C)[C@H]1C2. The second kappa shape index (κ2) is 9.68. The van der Waals surface area contributed by atoms with Crippen LogP contribution in [0, 0.1) is 17.3 Å². The zero-order valence-corrected chi connectivity index (χ0v) is 24.8. The third-order valence-corrected chi connectivity index (χ3v) is 11.4. The molecular formula is C34H40BNO6. The fourth-order valence-corrected chi connectivity index (χ4v) is 8.78. The van der Waals surface area contributed by atoms with E-state index in [1.807, 2.05) is 24.5 Å². The van der Waals surface area contributed by atoms with E-state index in [4.69, 9.17) is 23.2 Å². The molecule has 3 saturated carbocycles. The summed E-state index contributed by atoms with van der Waals surface area (Å²) in [5.41, 5.74) is 5.15. The van der Waals surface area contributed by atoms with Crippen LogP contribution in [0.4, 0.5) is 0 Å². The summed E-state index contributed by atoms with van der Waals surface area (Å²) in [7, 11) is -0.505. The number of carbonyl (C=O) groups excluding carboxylic acids is 1. The number of rotatable bonds is 7. The number of furan rings is 1. The molecule has 220 valence electrons. The Hall–Kier alpha value is -2.65. The van der Waals surface area contributed by atoms with Crippen LogP contribution in [0.2, 0.25) is 0 Å². The maximum Gasteiger partial charge on any atom is 0.482 e. The van der Waals surface area contributed by atoms with Crippen LogP contribution in [-0.2, 0) is 48.6 Å². The van der Waals surface area contributed by atoms with Crippen molar-refractivity contribution in [2.24, 2.45) is 17.3 Å². The Morgan fingerprint density at radius 2 is 2.02 bits per heavy atom. The molecule has 0 radical (unpaired) electrons. The highest BCUT2D eigenvalue weighted by Gasteiger charge is 2.68. The highest BCUT2D eigenvalue weighted by atomic mass is 16.7. The Bertz CT molecular complexity index is 1530. The number of carbonyl (C=O) groups is 1. The molecule has 3 aliphatic heterocycles. The summed E-state index contributed by atoms with van der Waals surface area (Å²) < 4.78 is 31.1.